The number of anilines is 2. The van der Waals surface area contributed by atoms with Gasteiger partial charge in [-0.3, -0.25) is 19.8 Å². The van der Waals surface area contributed by atoms with Crippen molar-refractivity contribution in [1.29, 1.82) is 0 Å². The zero-order valence-electron chi connectivity index (χ0n) is 19.0. The maximum Gasteiger partial charge on any atom is 0.416 e. The Morgan fingerprint density at radius 3 is 2.14 bits per heavy atom. The average molecular weight is 509 g/mol. The zero-order valence-corrected chi connectivity index (χ0v) is 19.8. The van der Waals surface area contributed by atoms with Crippen molar-refractivity contribution in [2.75, 3.05) is 10.6 Å². The minimum atomic E-state index is -4.40. The molecular formula is C23H24ClF3N6O2. The van der Waals surface area contributed by atoms with Gasteiger partial charge < -0.3 is 10.6 Å². The molecular weight excluding hydrogens is 485 g/mol. The van der Waals surface area contributed by atoms with Crippen LogP contribution in [0.15, 0.2) is 36.4 Å². The van der Waals surface area contributed by atoms with Crippen molar-refractivity contribution in [3.8, 4) is 0 Å². The van der Waals surface area contributed by atoms with Gasteiger partial charge in [-0.15, -0.1) is 0 Å². The minimum absolute atomic E-state index is 0.0455. The van der Waals surface area contributed by atoms with Crippen molar-refractivity contribution in [2.45, 2.75) is 45.7 Å². The first-order valence-corrected chi connectivity index (χ1v) is 11.3. The van der Waals surface area contributed by atoms with E-state index in [-0.39, 0.29) is 23.1 Å². The predicted molar refractivity (Wildman–Crippen MR) is 129 cm³/mol. The van der Waals surface area contributed by atoms with Crippen LogP contribution in [0, 0.1) is 0 Å². The molecule has 2 aromatic carbocycles. The highest BCUT2D eigenvalue weighted by atomic mass is 35.5. The summed E-state index contributed by atoms with van der Waals surface area (Å²) in [5.41, 5.74) is 0.302. The van der Waals surface area contributed by atoms with Crippen molar-refractivity contribution < 1.29 is 22.8 Å². The van der Waals surface area contributed by atoms with Gasteiger partial charge in [0, 0.05) is 18.2 Å². The second-order valence-electron chi connectivity index (χ2n) is 7.66. The first kappa shape index (κ1) is 26.0. The Morgan fingerprint density at radius 2 is 1.51 bits per heavy atom. The molecule has 0 radical (unpaired) electrons. The van der Waals surface area contributed by atoms with E-state index < -0.39 is 11.7 Å². The number of alkyl halides is 3. The number of rotatable bonds is 6. The van der Waals surface area contributed by atoms with Gasteiger partial charge >= 0.3 is 6.18 Å². The molecule has 4 N–H and O–H groups in total. The van der Waals surface area contributed by atoms with Crippen LogP contribution >= 0.6 is 11.6 Å². The molecule has 35 heavy (non-hydrogen) atoms. The van der Waals surface area contributed by atoms with Gasteiger partial charge in [0.25, 0.3) is 0 Å². The normalized spacial score (nSPS) is 11.3. The number of amides is 2. The van der Waals surface area contributed by atoms with Crippen LogP contribution in [0.1, 0.15) is 45.1 Å². The molecule has 0 saturated carbocycles. The summed E-state index contributed by atoms with van der Waals surface area (Å²) in [5, 5.41) is 20.3. The van der Waals surface area contributed by atoms with Gasteiger partial charge in [0.2, 0.25) is 11.8 Å². The number of aromatic amines is 2. The Morgan fingerprint density at radius 1 is 0.914 bits per heavy atom. The number of aromatic nitrogens is 4. The number of H-pyrrole nitrogens is 2. The smallest absolute Gasteiger partial charge is 0.309 e. The molecule has 4 rings (SSSR count). The number of hydrogen-bond donors (Lipinski definition) is 4. The van der Waals surface area contributed by atoms with Crippen LogP contribution in [0.4, 0.5) is 24.8 Å². The third-order valence-electron chi connectivity index (χ3n) is 4.90. The molecule has 2 aromatic heterocycles. The summed E-state index contributed by atoms with van der Waals surface area (Å²) in [6.07, 6.45) is -2.08. The Labute approximate surface area is 203 Å². The molecule has 2 amide bonds. The highest BCUT2D eigenvalue weighted by molar-refractivity contribution is 6.36. The highest BCUT2D eigenvalue weighted by Gasteiger charge is 2.30. The van der Waals surface area contributed by atoms with Gasteiger partial charge in [-0.25, -0.2) is 0 Å². The van der Waals surface area contributed by atoms with Crippen molar-refractivity contribution in [3.05, 3.63) is 47.0 Å². The number of fused-ring (bicyclic) bond motifs is 2. The summed E-state index contributed by atoms with van der Waals surface area (Å²) in [4.78, 5) is 22.9. The van der Waals surface area contributed by atoms with Gasteiger partial charge in [-0.2, -0.15) is 23.4 Å². The number of carbonyl (C=O) groups excluding carboxylic acids is 2. The van der Waals surface area contributed by atoms with E-state index in [4.69, 9.17) is 11.6 Å². The Kier molecular flexibility index (Phi) is 8.34. The third-order valence-corrected chi connectivity index (χ3v) is 5.21. The van der Waals surface area contributed by atoms with Crippen LogP contribution in [0.2, 0.25) is 5.02 Å². The molecule has 0 aliphatic rings. The molecule has 0 fully saturated rings. The average Bonchev–Trinajstić information content (AvgIpc) is 3.38. The highest BCUT2D eigenvalue weighted by Crippen LogP contribution is 2.32. The number of benzene rings is 2. The molecule has 0 aliphatic heterocycles. The Hall–Kier alpha value is -3.60. The van der Waals surface area contributed by atoms with Crippen molar-refractivity contribution in [2.24, 2.45) is 0 Å². The fourth-order valence-corrected chi connectivity index (χ4v) is 3.52. The summed E-state index contributed by atoms with van der Waals surface area (Å²) >= 11 is 6.05. The Bertz CT molecular complexity index is 1330. The van der Waals surface area contributed by atoms with Crippen LogP contribution < -0.4 is 10.6 Å². The van der Waals surface area contributed by atoms with Gasteiger partial charge in [0.15, 0.2) is 11.6 Å². The molecule has 2 heterocycles. The molecule has 0 atom stereocenters. The molecule has 0 spiro atoms. The minimum Gasteiger partial charge on any atom is -0.309 e. The van der Waals surface area contributed by atoms with E-state index in [1.807, 2.05) is 26.0 Å². The lowest BCUT2D eigenvalue weighted by Crippen LogP contribution is -2.11. The van der Waals surface area contributed by atoms with Crippen LogP contribution in [0.3, 0.4) is 0 Å². The molecule has 12 heteroatoms. The van der Waals surface area contributed by atoms with E-state index in [9.17, 15) is 22.8 Å². The van der Waals surface area contributed by atoms with E-state index >= 15 is 0 Å². The number of hydrogen-bond acceptors (Lipinski definition) is 4. The second-order valence-corrected chi connectivity index (χ2v) is 8.07. The summed E-state index contributed by atoms with van der Waals surface area (Å²) in [5.74, 6) is 0.493. The van der Waals surface area contributed by atoms with Crippen LogP contribution in [0.25, 0.3) is 21.8 Å². The molecule has 0 unspecified atom stereocenters. The number of carbonyl (C=O) groups is 2. The van der Waals surface area contributed by atoms with E-state index in [2.05, 4.69) is 31.0 Å². The first-order chi connectivity index (χ1) is 16.6. The van der Waals surface area contributed by atoms with Crippen molar-refractivity contribution in [3.63, 3.8) is 0 Å². The summed E-state index contributed by atoms with van der Waals surface area (Å²) in [7, 11) is 0. The maximum absolute atomic E-state index is 12.5. The standard InChI is InChI=1S/C12H12F3N3O.C11H12ClN3O/c1-2-3-10(19)16-11-8-5-4-7(12(13,14)15)6-9(8)17-18-11;1-2-4-9(16)13-11-10-7(12)5-3-6-8(10)14-15-11/h4-6H,2-3H2,1H3,(H2,16,17,18,19);3,5-6H,2,4H2,1H3,(H2,13,14,15,16). The molecule has 0 bridgehead atoms. The summed E-state index contributed by atoms with van der Waals surface area (Å²) in [6.45, 7) is 3.81. The van der Waals surface area contributed by atoms with Gasteiger partial charge in [-0.05, 0) is 43.2 Å². The van der Waals surface area contributed by atoms with Crippen LogP contribution in [-0.4, -0.2) is 32.2 Å². The van der Waals surface area contributed by atoms with Crippen molar-refractivity contribution >= 4 is 56.9 Å². The molecule has 8 nitrogen and oxygen atoms in total. The van der Waals surface area contributed by atoms with E-state index in [0.717, 1.165) is 29.5 Å². The largest absolute Gasteiger partial charge is 0.416 e. The lowest BCUT2D eigenvalue weighted by Gasteiger charge is -2.06. The number of nitrogens with zero attached hydrogens (tertiary/aromatic N) is 2. The maximum atomic E-state index is 12.5. The predicted octanol–water partition coefficient (Wildman–Crippen LogP) is 6.28. The SMILES string of the molecule is CCCC(=O)Nc1n[nH]c2cc(C(F)(F)F)ccc12.CCCC(=O)Nc1n[nH]c2cccc(Cl)c12. The quantitative estimate of drug-likeness (QED) is 0.245. The van der Waals surface area contributed by atoms with E-state index in [1.165, 1.54) is 6.07 Å². The van der Waals surface area contributed by atoms with E-state index in [1.54, 1.807) is 6.07 Å². The number of nitrogens with one attached hydrogen (secondary N) is 4. The monoisotopic (exact) mass is 508 g/mol. The van der Waals surface area contributed by atoms with Crippen LogP contribution in [-0.2, 0) is 15.8 Å². The van der Waals surface area contributed by atoms with Gasteiger partial charge in [0.1, 0.15) is 0 Å². The third kappa shape index (κ3) is 6.50. The van der Waals surface area contributed by atoms with Crippen LogP contribution in [0.5, 0.6) is 0 Å². The summed E-state index contributed by atoms with van der Waals surface area (Å²) < 4.78 is 37.6. The van der Waals surface area contributed by atoms with Gasteiger partial charge in [0.05, 0.1) is 27.0 Å². The molecule has 4 aromatic rings. The second kappa shape index (κ2) is 11.2. The fourth-order valence-electron chi connectivity index (χ4n) is 3.25. The fraction of sp³-hybridized carbons (Fsp3) is 0.304. The van der Waals surface area contributed by atoms with Gasteiger partial charge in [-0.1, -0.05) is 31.5 Å². The Balaban J connectivity index is 0.000000198. The van der Waals surface area contributed by atoms with Crippen molar-refractivity contribution in [1.82, 2.24) is 20.4 Å². The summed E-state index contributed by atoms with van der Waals surface area (Å²) in [6, 6.07) is 8.70. The topological polar surface area (TPSA) is 116 Å². The molecule has 0 aliphatic carbocycles. The number of halogens is 4. The lowest BCUT2D eigenvalue weighted by atomic mass is 10.1. The molecule has 186 valence electrons. The zero-order chi connectivity index (χ0) is 25.6. The lowest BCUT2D eigenvalue weighted by molar-refractivity contribution is -0.137. The molecule has 0 saturated heterocycles. The van der Waals surface area contributed by atoms with E-state index in [0.29, 0.717) is 35.5 Å². The first-order valence-electron chi connectivity index (χ1n) is 10.9.